The van der Waals surface area contributed by atoms with Crippen LogP contribution in [-0.4, -0.2) is 11.1 Å². The van der Waals surface area contributed by atoms with E-state index in [1.54, 1.807) is 0 Å². The zero-order valence-electron chi connectivity index (χ0n) is 15.8. The van der Waals surface area contributed by atoms with E-state index in [-0.39, 0.29) is 5.92 Å². The molecule has 0 aliphatic rings. The zero-order valence-corrected chi connectivity index (χ0v) is 15.8. The molecule has 22 heavy (non-hydrogen) atoms. The average Bonchev–Trinajstić information content (AvgIpc) is 2.51. The summed E-state index contributed by atoms with van der Waals surface area (Å²) in [4.78, 5) is 10.4. The van der Waals surface area contributed by atoms with Crippen molar-refractivity contribution in [1.82, 2.24) is 0 Å². The van der Waals surface area contributed by atoms with Crippen molar-refractivity contribution in [3.05, 3.63) is 0 Å². The maximum absolute atomic E-state index is 10.4. The molecule has 0 bridgehead atoms. The molecule has 2 nitrogen and oxygen atoms in total. The Labute approximate surface area is 140 Å². The molecule has 0 aliphatic carbocycles. The van der Waals surface area contributed by atoms with Gasteiger partial charge in [0.1, 0.15) is 0 Å². The number of carboxylic acid groups (broad SMARTS) is 1. The summed E-state index contributed by atoms with van der Waals surface area (Å²) >= 11 is 0. The van der Waals surface area contributed by atoms with Gasteiger partial charge in [0.05, 0.1) is 5.92 Å². The highest BCUT2D eigenvalue weighted by Gasteiger charge is 2.12. The van der Waals surface area contributed by atoms with E-state index in [0.29, 0.717) is 0 Å². The van der Waals surface area contributed by atoms with Crippen LogP contribution >= 0.6 is 0 Å². The van der Waals surface area contributed by atoms with Gasteiger partial charge in [0.2, 0.25) is 0 Å². The summed E-state index contributed by atoms with van der Waals surface area (Å²) in [6.45, 7) is 8.56. The Morgan fingerprint density at radius 2 is 1.05 bits per heavy atom. The number of hydrogen-bond donors (Lipinski definition) is 1. The lowest BCUT2D eigenvalue weighted by Gasteiger charge is -2.06. The van der Waals surface area contributed by atoms with Crippen molar-refractivity contribution < 1.29 is 9.90 Å². The fraction of sp³-hybridized carbons (Fsp3) is 0.950. The fourth-order valence-corrected chi connectivity index (χ4v) is 2.51. The van der Waals surface area contributed by atoms with Crippen LogP contribution in [0.1, 0.15) is 118 Å². The quantitative estimate of drug-likeness (QED) is 0.344. The largest absolute Gasteiger partial charge is 0.481 e. The lowest BCUT2D eigenvalue weighted by atomic mass is 10.00. The second-order valence-electron chi connectivity index (χ2n) is 6.41. The van der Waals surface area contributed by atoms with Crippen LogP contribution in [0.5, 0.6) is 0 Å². The smallest absolute Gasteiger partial charge is 0.306 e. The van der Waals surface area contributed by atoms with E-state index in [1.807, 2.05) is 6.92 Å². The van der Waals surface area contributed by atoms with Crippen LogP contribution in [0.15, 0.2) is 0 Å². The van der Waals surface area contributed by atoms with E-state index in [9.17, 15) is 4.79 Å². The molecule has 0 aromatic rings. The summed E-state index contributed by atoms with van der Waals surface area (Å²) in [5.41, 5.74) is 0. The van der Waals surface area contributed by atoms with Gasteiger partial charge in [-0.3, -0.25) is 4.79 Å². The highest BCUT2D eigenvalue weighted by molar-refractivity contribution is 5.69. The van der Waals surface area contributed by atoms with Crippen LogP contribution in [0.4, 0.5) is 0 Å². The highest BCUT2D eigenvalue weighted by atomic mass is 16.4. The predicted octanol–water partition coefficient (Wildman–Crippen LogP) is 7.21. The van der Waals surface area contributed by atoms with Crippen molar-refractivity contribution in [2.24, 2.45) is 5.92 Å². The summed E-state index contributed by atoms with van der Waals surface area (Å²) < 4.78 is 0. The van der Waals surface area contributed by atoms with Crippen molar-refractivity contribution >= 4 is 5.97 Å². The molecule has 0 saturated carbocycles. The molecule has 0 aliphatic heterocycles. The van der Waals surface area contributed by atoms with Gasteiger partial charge in [-0.1, -0.05) is 105 Å². The minimum atomic E-state index is -0.643. The second-order valence-corrected chi connectivity index (χ2v) is 6.41. The van der Waals surface area contributed by atoms with Gasteiger partial charge in [0.15, 0.2) is 0 Å². The van der Waals surface area contributed by atoms with Crippen molar-refractivity contribution in [2.45, 2.75) is 118 Å². The third-order valence-electron chi connectivity index (χ3n) is 4.21. The monoisotopic (exact) mass is 314 g/mol. The minimum Gasteiger partial charge on any atom is -0.481 e. The standard InChI is InChI=1S/C12H26.C8H16O2/c1-3-5-7-9-11-12-10-8-6-4-2;1-3-5-6-7(4-2)8(9)10/h3-12H2,1-2H3;7H,3-6H2,1-2H3,(H,9,10). The lowest BCUT2D eigenvalue weighted by Crippen LogP contribution is -2.11. The van der Waals surface area contributed by atoms with E-state index in [1.165, 1.54) is 64.2 Å². The normalized spacial score (nSPS) is 11.6. The molecular weight excluding hydrogens is 272 g/mol. The topological polar surface area (TPSA) is 37.3 Å². The predicted molar refractivity (Wildman–Crippen MR) is 98.5 cm³/mol. The number of aliphatic carboxylic acids is 1. The summed E-state index contributed by atoms with van der Waals surface area (Å²) in [6, 6.07) is 0. The summed E-state index contributed by atoms with van der Waals surface area (Å²) in [7, 11) is 0. The summed E-state index contributed by atoms with van der Waals surface area (Å²) in [6.07, 6.45) is 18.2. The van der Waals surface area contributed by atoms with Gasteiger partial charge in [-0.25, -0.2) is 0 Å². The van der Waals surface area contributed by atoms with E-state index >= 15 is 0 Å². The van der Waals surface area contributed by atoms with Crippen LogP contribution < -0.4 is 0 Å². The first-order valence-corrected chi connectivity index (χ1v) is 9.86. The number of hydrogen-bond acceptors (Lipinski definition) is 1. The maximum Gasteiger partial charge on any atom is 0.306 e. The maximum atomic E-state index is 10.4. The average molecular weight is 315 g/mol. The number of rotatable bonds is 14. The lowest BCUT2D eigenvalue weighted by molar-refractivity contribution is -0.142. The molecule has 1 N–H and O–H groups in total. The first-order chi connectivity index (χ1) is 10.6. The van der Waals surface area contributed by atoms with Crippen molar-refractivity contribution in [1.29, 1.82) is 0 Å². The van der Waals surface area contributed by atoms with Crippen LogP contribution in [0.3, 0.4) is 0 Å². The van der Waals surface area contributed by atoms with Crippen LogP contribution in [-0.2, 0) is 4.79 Å². The minimum absolute atomic E-state index is 0.111. The van der Waals surface area contributed by atoms with Gasteiger partial charge in [-0.2, -0.15) is 0 Å². The third-order valence-corrected chi connectivity index (χ3v) is 4.21. The fourth-order valence-electron chi connectivity index (χ4n) is 2.51. The highest BCUT2D eigenvalue weighted by Crippen LogP contribution is 2.12. The molecule has 1 atom stereocenters. The van der Waals surface area contributed by atoms with Crippen molar-refractivity contribution in [2.75, 3.05) is 0 Å². The Balaban J connectivity index is 0. The molecule has 0 amide bonds. The van der Waals surface area contributed by atoms with Gasteiger partial charge in [0, 0.05) is 0 Å². The molecule has 0 spiro atoms. The van der Waals surface area contributed by atoms with Crippen LogP contribution in [0, 0.1) is 5.92 Å². The summed E-state index contributed by atoms with van der Waals surface area (Å²) in [5.74, 6) is -0.754. The SMILES string of the molecule is CCCCC(CC)C(=O)O.CCCCCCCCCCCC. The third kappa shape index (κ3) is 19.5. The van der Waals surface area contributed by atoms with Crippen molar-refractivity contribution in [3.8, 4) is 0 Å². The number of carbonyl (C=O) groups is 1. The van der Waals surface area contributed by atoms with Gasteiger partial charge >= 0.3 is 5.97 Å². The Kier molecular flexibility index (Phi) is 22.1. The molecule has 0 saturated heterocycles. The molecular formula is C20H42O2. The Bertz CT molecular complexity index is 204. The van der Waals surface area contributed by atoms with Gasteiger partial charge in [-0.05, 0) is 12.8 Å². The van der Waals surface area contributed by atoms with E-state index < -0.39 is 5.97 Å². The first-order valence-electron chi connectivity index (χ1n) is 9.86. The molecule has 0 rings (SSSR count). The Hall–Kier alpha value is -0.530. The molecule has 0 aromatic carbocycles. The van der Waals surface area contributed by atoms with Crippen molar-refractivity contribution in [3.63, 3.8) is 0 Å². The van der Waals surface area contributed by atoms with Crippen LogP contribution in [0.25, 0.3) is 0 Å². The second kappa shape index (κ2) is 20.5. The molecule has 0 fully saturated rings. The molecule has 0 heterocycles. The molecule has 0 aromatic heterocycles. The van der Waals surface area contributed by atoms with E-state index in [0.717, 1.165) is 25.7 Å². The molecule has 1 unspecified atom stereocenters. The number of carboxylic acids is 1. The molecule has 134 valence electrons. The zero-order chi connectivity index (χ0) is 17.1. The van der Waals surface area contributed by atoms with Gasteiger partial charge < -0.3 is 5.11 Å². The van der Waals surface area contributed by atoms with Crippen LogP contribution in [0.2, 0.25) is 0 Å². The Morgan fingerprint density at radius 3 is 1.32 bits per heavy atom. The van der Waals surface area contributed by atoms with E-state index in [2.05, 4.69) is 20.8 Å². The first kappa shape index (κ1) is 23.7. The van der Waals surface area contributed by atoms with E-state index in [4.69, 9.17) is 5.11 Å². The molecule has 2 heteroatoms. The molecule has 0 radical (unpaired) electrons. The Morgan fingerprint density at radius 1 is 0.682 bits per heavy atom. The van der Waals surface area contributed by atoms with Gasteiger partial charge in [-0.15, -0.1) is 0 Å². The number of unbranched alkanes of at least 4 members (excludes halogenated alkanes) is 10. The van der Waals surface area contributed by atoms with Gasteiger partial charge in [0.25, 0.3) is 0 Å². The summed E-state index contributed by atoms with van der Waals surface area (Å²) in [5, 5.41) is 8.60.